The minimum absolute atomic E-state index is 0.228. The van der Waals surface area contributed by atoms with Gasteiger partial charge < -0.3 is 14.8 Å². The highest BCUT2D eigenvalue weighted by molar-refractivity contribution is 6.30. The van der Waals surface area contributed by atoms with Gasteiger partial charge in [-0.15, -0.1) is 0 Å². The molecule has 3 rings (SSSR count). The van der Waals surface area contributed by atoms with Crippen LogP contribution in [0.15, 0.2) is 30.3 Å². The van der Waals surface area contributed by atoms with Gasteiger partial charge in [0.05, 0.1) is 11.7 Å². The van der Waals surface area contributed by atoms with E-state index in [0.29, 0.717) is 5.15 Å². The first-order valence-corrected chi connectivity index (χ1v) is 8.84. The zero-order chi connectivity index (χ0) is 17.1. The molecule has 0 saturated carbocycles. The number of hydrogen-bond donors (Lipinski definition) is 1. The van der Waals surface area contributed by atoms with Crippen molar-refractivity contribution >= 4 is 11.6 Å². The van der Waals surface area contributed by atoms with Crippen molar-refractivity contribution in [2.24, 2.45) is 7.05 Å². The summed E-state index contributed by atoms with van der Waals surface area (Å²) in [5, 5.41) is 3.93. The van der Waals surface area contributed by atoms with E-state index in [0.717, 1.165) is 49.8 Å². The summed E-state index contributed by atoms with van der Waals surface area (Å²) in [5.41, 5.74) is 2.18. The van der Waals surface area contributed by atoms with Gasteiger partial charge in [-0.2, -0.15) is 0 Å². The van der Waals surface area contributed by atoms with Gasteiger partial charge in [-0.1, -0.05) is 41.9 Å². The summed E-state index contributed by atoms with van der Waals surface area (Å²) in [7, 11) is 6.23. The van der Waals surface area contributed by atoms with Crippen molar-refractivity contribution in [3.8, 4) is 11.4 Å². The number of benzene rings is 1. The van der Waals surface area contributed by atoms with Gasteiger partial charge in [0.2, 0.25) is 0 Å². The number of aromatic nitrogens is 2. The van der Waals surface area contributed by atoms with Gasteiger partial charge in [-0.3, -0.25) is 4.90 Å². The van der Waals surface area contributed by atoms with Crippen LogP contribution in [0.3, 0.4) is 0 Å². The van der Waals surface area contributed by atoms with Crippen LogP contribution >= 0.6 is 11.6 Å². The van der Waals surface area contributed by atoms with E-state index in [4.69, 9.17) is 11.6 Å². The lowest BCUT2D eigenvalue weighted by molar-refractivity contribution is 0.108. The molecule has 0 amide bonds. The minimum Gasteiger partial charge on any atom is -0.328 e. The molecule has 1 aliphatic rings. The summed E-state index contributed by atoms with van der Waals surface area (Å²) in [5.74, 6) is 0.922. The molecule has 1 atom stereocenters. The molecule has 1 unspecified atom stereocenters. The normalized spacial score (nSPS) is 18.0. The third-order valence-corrected chi connectivity index (χ3v) is 5.10. The zero-order valence-electron chi connectivity index (χ0n) is 14.7. The molecule has 1 aromatic heterocycles. The van der Waals surface area contributed by atoms with Gasteiger partial charge in [-0.05, 0) is 14.1 Å². The number of halogens is 1. The topological polar surface area (TPSA) is 36.3 Å². The van der Waals surface area contributed by atoms with Gasteiger partial charge in [-0.25, -0.2) is 4.98 Å². The third kappa shape index (κ3) is 3.49. The second-order valence-corrected chi connectivity index (χ2v) is 6.81. The van der Waals surface area contributed by atoms with Crippen LogP contribution in [0.4, 0.5) is 0 Å². The molecule has 1 saturated heterocycles. The SMILES string of the molecule is CNCC(c1c(Cl)nc(-c2ccccc2)n1C)N1CCN(C)CC1. The predicted octanol–water partition coefficient (Wildman–Crippen LogP) is 2.25. The first kappa shape index (κ1) is 17.4. The van der Waals surface area contributed by atoms with Crippen molar-refractivity contribution in [1.29, 1.82) is 0 Å². The van der Waals surface area contributed by atoms with Crippen LogP contribution in [0, 0.1) is 0 Å². The molecule has 24 heavy (non-hydrogen) atoms. The Morgan fingerprint density at radius 2 is 1.79 bits per heavy atom. The fourth-order valence-electron chi connectivity index (χ4n) is 3.41. The monoisotopic (exact) mass is 347 g/mol. The molecule has 0 spiro atoms. The number of likely N-dealkylation sites (N-methyl/N-ethyl adjacent to an activating group) is 2. The van der Waals surface area contributed by atoms with Gasteiger partial charge in [0.15, 0.2) is 5.15 Å². The van der Waals surface area contributed by atoms with Gasteiger partial charge in [0.1, 0.15) is 5.82 Å². The number of piperazine rings is 1. The second kappa shape index (κ2) is 7.66. The molecule has 1 N–H and O–H groups in total. The van der Waals surface area contributed by atoms with Crippen molar-refractivity contribution in [3.05, 3.63) is 41.2 Å². The van der Waals surface area contributed by atoms with E-state index in [1.165, 1.54) is 0 Å². The first-order chi connectivity index (χ1) is 11.6. The second-order valence-electron chi connectivity index (χ2n) is 6.45. The van der Waals surface area contributed by atoms with Crippen molar-refractivity contribution in [2.75, 3.05) is 46.8 Å². The fraction of sp³-hybridized carbons (Fsp3) is 0.500. The Morgan fingerprint density at radius 3 is 2.42 bits per heavy atom. The quantitative estimate of drug-likeness (QED) is 0.900. The van der Waals surface area contributed by atoms with E-state index in [1.54, 1.807) is 0 Å². The van der Waals surface area contributed by atoms with Crippen LogP contribution in [-0.4, -0.2) is 66.2 Å². The number of nitrogens with zero attached hydrogens (tertiary/aromatic N) is 4. The predicted molar refractivity (Wildman–Crippen MR) is 99.4 cm³/mol. The summed E-state index contributed by atoms with van der Waals surface area (Å²) >= 11 is 6.58. The molecule has 2 aromatic rings. The van der Waals surface area contributed by atoms with E-state index in [-0.39, 0.29) is 6.04 Å². The Kier molecular flexibility index (Phi) is 5.56. The van der Waals surface area contributed by atoms with Crippen LogP contribution in [0.25, 0.3) is 11.4 Å². The van der Waals surface area contributed by atoms with Crippen LogP contribution in [-0.2, 0) is 7.05 Å². The molecule has 5 nitrogen and oxygen atoms in total. The molecule has 0 bridgehead atoms. The molecular weight excluding hydrogens is 322 g/mol. The van der Waals surface area contributed by atoms with Crippen molar-refractivity contribution < 1.29 is 0 Å². The van der Waals surface area contributed by atoms with Gasteiger partial charge >= 0.3 is 0 Å². The highest BCUT2D eigenvalue weighted by Gasteiger charge is 2.29. The summed E-state index contributed by atoms with van der Waals surface area (Å²) in [6.45, 7) is 5.12. The molecule has 0 radical (unpaired) electrons. The summed E-state index contributed by atoms with van der Waals surface area (Å²) in [4.78, 5) is 9.53. The van der Waals surface area contributed by atoms with E-state index in [9.17, 15) is 0 Å². The van der Waals surface area contributed by atoms with Crippen LogP contribution in [0.1, 0.15) is 11.7 Å². The Morgan fingerprint density at radius 1 is 1.12 bits per heavy atom. The van der Waals surface area contributed by atoms with Gasteiger partial charge in [0.25, 0.3) is 0 Å². The molecule has 6 heteroatoms. The maximum absolute atomic E-state index is 6.58. The van der Waals surface area contributed by atoms with Crippen LogP contribution in [0.2, 0.25) is 5.15 Å². The van der Waals surface area contributed by atoms with E-state index in [1.807, 2.05) is 25.2 Å². The number of imidazole rings is 1. The largest absolute Gasteiger partial charge is 0.328 e. The molecular formula is C18H26ClN5. The Balaban J connectivity index is 1.95. The van der Waals surface area contributed by atoms with Crippen LogP contribution < -0.4 is 5.32 Å². The third-order valence-electron chi connectivity index (χ3n) is 4.82. The average molecular weight is 348 g/mol. The Labute approximate surface area is 149 Å². The standard InChI is InChI=1S/C18H26ClN5/c1-20-13-15(24-11-9-22(2)10-12-24)16-17(19)21-18(23(16)3)14-7-5-4-6-8-14/h4-8,15,20H,9-13H2,1-3H3. The van der Waals surface area contributed by atoms with Crippen molar-refractivity contribution in [2.45, 2.75) is 6.04 Å². The molecule has 130 valence electrons. The number of nitrogens with one attached hydrogen (secondary N) is 1. The summed E-state index contributed by atoms with van der Waals surface area (Å²) in [6.07, 6.45) is 0. The summed E-state index contributed by atoms with van der Waals surface area (Å²) < 4.78 is 2.15. The van der Waals surface area contributed by atoms with Crippen LogP contribution in [0.5, 0.6) is 0 Å². The lowest BCUT2D eigenvalue weighted by atomic mass is 10.1. The maximum atomic E-state index is 6.58. The zero-order valence-corrected chi connectivity index (χ0v) is 15.4. The Hall–Kier alpha value is -1.40. The molecule has 1 aromatic carbocycles. The molecule has 1 aliphatic heterocycles. The minimum atomic E-state index is 0.228. The number of hydrogen-bond acceptors (Lipinski definition) is 4. The van der Waals surface area contributed by atoms with Gasteiger partial charge in [0, 0.05) is 45.3 Å². The maximum Gasteiger partial charge on any atom is 0.152 e. The number of rotatable bonds is 5. The van der Waals surface area contributed by atoms with Crippen molar-refractivity contribution in [3.63, 3.8) is 0 Å². The molecule has 2 heterocycles. The molecule has 0 aliphatic carbocycles. The average Bonchev–Trinajstić information content (AvgIpc) is 2.89. The highest BCUT2D eigenvalue weighted by atomic mass is 35.5. The smallest absolute Gasteiger partial charge is 0.152 e. The fourth-order valence-corrected chi connectivity index (χ4v) is 3.74. The van der Waals surface area contributed by atoms with E-state index in [2.05, 4.69) is 50.9 Å². The highest BCUT2D eigenvalue weighted by Crippen LogP contribution is 2.31. The van der Waals surface area contributed by atoms with E-state index >= 15 is 0 Å². The Bertz CT molecular complexity index is 662. The lowest BCUT2D eigenvalue weighted by Gasteiger charge is -2.38. The summed E-state index contributed by atoms with van der Waals surface area (Å²) in [6, 6.07) is 10.5. The van der Waals surface area contributed by atoms with E-state index < -0.39 is 0 Å². The first-order valence-electron chi connectivity index (χ1n) is 8.46. The van der Waals surface area contributed by atoms with Crippen molar-refractivity contribution in [1.82, 2.24) is 24.7 Å². The lowest BCUT2D eigenvalue weighted by Crippen LogP contribution is -2.48. The molecule has 1 fully saturated rings.